The van der Waals surface area contributed by atoms with Crippen LogP contribution in [0.2, 0.25) is 0 Å². The molecule has 0 aliphatic rings. The molecule has 24 heavy (non-hydrogen) atoms. The molecule has 0 saturated carbocycles. The van der Waals surface area contributed by atoms with Crippen LogP contribution in [0.25, 0.3) is 0 Å². The number of hydrogen-bond acceptors (Lipinski definition) is 4. The predicted octanol–water partition coefficient (Wildman–Crippen LogP) is 3.12. The van der Waals surface area contributed by atoms with Gasteiger partial charge in [-0.25, -0.2) is 8.42 Å². The Labute approximate surface area is 139 Å². The third kappa shape index (κ3) is 4.42. The number of rotatable bonds is 7. The highest BCUT2D eigenvalue weighted by molar-refractivity contribution is 7.89. The standard InChI is InChI=1S/C16H17F2NO4S/c1-19(11-12-3-5-14(6-4-12)23-16(17)18)24(20,21)15-9-7-13(22-2)8-10-15/h3-10,16H,11H2,1-2H3. The van der Waals surface area contributed by atoms with Gasteiger partial charge in [0.25, 0.3) is 0 Å². The van der Waals surface area contributed by atoms with Crippen LogP contribution in [0.15, 0.2) is 53.4 Å². The summed E-state index contributed by atoms with van der Waals surface area (Å²) in [4.78, 5) is 0.142. The van der Waals surface area contributed by atoms with Crippen molar-refractivity contribution < 1.29 is 26.7 Å². The van der Waals surface area contributed by atoms with Crippen LogP contribution in [0, 0.1) is 0 Å². The van der Waals surface area contributed by atoms with Gasteiger partial charge in [-0.3, -0.25) is 0 Å². The summed E-state index contributed by atoms with van der Waals surface area (Å²) in [6, 6.07) is 11.9. The number of benzene rings is 2. The quantitative estimate of drug-likeness (QED) is 0.764. The van der Waals surface area contributed by atoms with Gasteiger partial charge in [-0.2, -0.15) is 13.1 Å². The van der Waals surface area contributed by atoms with E-state index in [1.165, 1.54) is 54.9 Å². The van der Waals surface area contributed by atoms with Crippen molar-refractivity contribution in [1.29, 1.82) is 0 Å². The highest BCUT2D eigenvalue weighted by atomic mass is 32.2. The molecule has 0 amide bonds. The van der Waals surface area contributed by atoms with Gasteiger partial charge in [-0.15, -0.1) is 0 Å². The number of hydrogen-bond donors (Lipinski definition) is 0. The lowest BCUT2D eigenvalue weighted by atomic mass is 10.2. The Kier molecular flexibility index (Phi) is 5.74. The summed E-state index contributed by atoms with van der Waals surface area (Å²) in [5, 5.41) is 0. The first-order valence-corrected chi connectivity index (χ1v) is 8.41. The normalized spacial score (nSPS) is 11.8. The number of ether oxygens (including phenoxy) is 2. The van der Waals surface area contributed by atoms with Crippen LogP contribution >= 0.6 is 0 Å². The Morgan fingerprint density at radius 2 is 1.54 bits per heavy atom. The van der Waals surface area contributed by atoms with Crippen molar-refractivity contribution in [2.75, 3.05) is 14.2 Å². The maximum Gasteiger partial charge on any atom is 0.387 e. The molecule has 0 saturated heterocycles. The minimum absolute atomic E-state index is 0.0226. The monoisotopic (exact) mass is 357 g/mol. The van der Waals surface area contributed by atoms with E-state index in [-0.39, 0.29) is 17.2 Å². The van der Waals surface area contributed by atoms with Crippen molar-refractivity contribution in [2.45, 2.75) is 18.1 Å². The van der Waals surface area contributed by atoms with Gasteiger partial charge >= 0.3 is 6.61 Å². The SMILES string of the molecule is COc1ccc(S(=O)(=O)N(C)Cc2ccc(OC(F)F)cc2)cc1. The molecule has 0 fully saturated rings. The number of methoxy groups -OCH3 is 1. The van der Waals surface area contributed by atoms with Gasteiger partial charge in [0.2, 0.25) is 10.0 Å². The molecule has 0 aromatic heterocycles. The maximum absolute atomic E-state index is 12.5. The molecular formula is C16H17F2NO4S. The third-order valence-electron chi connectivity index (χ3n) is 3.32. The minimum atomic E-state index is -3.66. The second-order valence-corrected chi connectivity index (χ2v) is 7.00. The molecule has 0 atom stereocenters. The van der Waals surface area contributed by atoms with Crippen molar-refractivity contribution in [2.24, 2.45) is 0 Å². The molecule has 0 aliphatic heterocycles. The van der Waals surface area contributed by atoms with Gasteiger partial charge in [0, 0.05) is 13.6 Å². The predicted molar refractivity (Wildman–Crippen MR) is 84.7 cm³/mol. The largest absolute Gasteiger partial charge is 0.497 e. The molecule has 2 rings (SSSR count). The van der Waals surface area contributed by atoms with Crippen molar-refractivity contribution in [3.8, 4) is 11.5 Å². The summed E-state index contributed by atoms with van der Waals surface area (Å²) in [5.74, 6) is 0.584. The lowest BCUT2D eigenvalue weighted by Gasteiger charge is -2.17. The smallest absolute Gasteiger partial charge is 0.387 e. The van der Waals surface area contributed by atoms with Crippen LogP contribution in [0.5, 0.6) is 11.5 Å². The average Bonchev–Trinajstić information content (AvgIpc) is 2.56. The lowest BCUT2D eigenvalue weighted by molar-refractivity contribution is -0.0498. The Morgan fingerprint density at radius 3 is 2.04 bits per heavy atom. The van der Waals surface area contributed by atoms with E-state index in [2.05, 4.69) is 4.74 Å². The first-order valence-electron chi connectivity index (χ1n) is 6.97. The van der Waals surface area contributed by atoms with Crippen LogP contribution in [0.4, 0.5) is 8.78 Å². The van der Waals surface area contributed by atoms with Crippen molar-refractivity contribution >= 4 is 10.0 Å². The number of halogens is 2. The van der Waals surface area contributed by atoms with Gasteiger partial charge in [-0.05, 0) is 42.0 Å². The van der Waals surface area contributed by atoms with Gasteiger partial charge < -0.3 is 9.47 Å². The summed E-state index contributed by atoms with van der Waals surface area (Å²) in [5.41, 5.74) is 0.649. The zero-order chi connectivity index (χ0) is 17.7. The van der Waals surface area contributed by atoms with Gasteiger partial charge in [0.05, 0.1) is 12.0 Å². The van der Waals surface area contributed by atoms with E-state index in [9.17, 15) is 17.2 Å². The van der Waals surface area contributed by atoms with Crippen LogP contribution < -0.4 is 9.47 Å². The third-order valence-corrected chi connectivity index (χ3v) is 5.14. The molecule has 0 N–H and O–H groups in total. The molecule has 130 valence electrons. The van der Waals surface area contributed by atoms with Crippen LogP contribution in [-0.2, 0) is 16.6 Å². The first-order chi connectivity index (χ1) is 11.3. The molecule has 0 bridgehead atoms. The Bertz CT molecular complexity index is 762. The number of nitrogens with zero attached hydrogens (tertiary/aromatic N) is 1. The molecular weight excluding hydrogens is 340 g/mol. The zero-order valence-electron chi connectivity index (χ0n) is 13.1. The molecule has 0 aliphatic carbocycles. The summed E-state index contributed by atoms with van der Waals surface area (Å²) in [7, 11) is -0.720. The van der Waals surface area contributed by atoms with Crippen LogP contribution in [0.3, 0.4) is 0 Å². The van der Waals surface area contributed by atoms with E-state index in [0.29, 0.717) is 11.3 Å². The van der Waals surface area contributed by atoms with Crippen molar-refractivity contribution in [3.05, 3.63) is 54.1 Å². The Balaban J connectivity index is 2.10. The molecule has 0 unspecified atom stereocenters. The maximum atomic E-state index is 12.5. The summed E-state index contributed by atoms with van der Waals surface area (Å²) in [6.45, 7) is -2.79. The zero-order valence-corrected chi connectivity index (χ0v) is 14.0. The molecule has 2 aromatic rings. The Morgan fingerprint density at radius 1 is 1.00 bits per heavy atom. The van der Waals surface area contributed by atoms with Crippen LogP contribution in [0.1, 0.15) is 5.56 Å². The number of alkyl halides is 2. The van der Waals surface area contributed by atoms with Gasteiger partial charge in [0.15, 0.2) is 0 Å². The molecule has 0 spiro atoms. The molecule has 5 nitrogen and oxygen atoms in total. The molecule has 8 heteroatoms. The number of sulfonamides is 1. The molecule has 2 aromatic carbocycles. The Hall–Kier alpha value is -2.19. The summed E-state index contributed by atoms with van der Waals surface area (Å²) < 4.78 is 59.7. The van der Waals surface area contributed by atoms with Gasteiger partial charge in [-0.1, -0.05) is 12.1 Å². The van der Waals surface area contributed by atoms with E-state index in [1.54, 1.807) is 12.1 Å². The summed E-state index contributed by atoms with van der Waals surface area (Å²) >= 11 is 0. The second-order valence-electron chi connectivity index (χ2n) is 4.96. The van der Waals surface area contributed by atoms with E-state index < -0.39 is 16.6 Å². The first kappa shape index (κ1) is 18.2. The topological polar surface area (TPSA) is 55.8 Å². The van der Waals surface area contributed by atoms with E-state index >= 15 is 0 Å². The fourth-order valence-corrected chi connectivity index (χ4v) is 3.20. The van der Waals surface area contributed by atoms with Gasteiger partial charge in [0.1, 0.15) is 11.5 Å². The lowest BCUT2D eigenvalue weighted by Crippen LogP contribution is -2.26. The minimum Gasteiger partial charge on any atom is -0.497 e. The van der Waals surface area contributed by atoms with E-state index in [1.807, 2.05) is 0 Å². The summed E-state index contributed by atoms with van der Waals surface area (Å²) in [6.07, 6.45) is 0. The highest BCUT2D eigenvalue weighted by Gasteiger charge is 2.21. The highest BCUT2D eigenvalue weighted by Crippen LogP contribution is 2.21. The van der Waals surface area contributed by atoms with Crippen molar-refractivity contribution in [1.82, 2.24) is 4.31 Å². The fourth-order valence-electron chi connectivity index (χ4n) is 2.05. The van der Waals surface area contributed by atoms with Crippen LogP contribution in [-0.4, -0.2) is 33.5 Å². The molecule has 0 radical (unpaired) electrons. The second kappa shape index (κ2) is 7.59. The van der Waals surface area contributed by atoms with E-state index in [4.69, 9.17) is 4.74 Å². The fraction of sp³-hybridized carbons (Fsp3) is 0.250. The van der Waals surface area contributed by atoms with E-state index in [0.717, 1.165) is 0 Å². The van der Waals surface area contributed by atoms with Crippen molar-refractivity contribution in [3.63, 3.8) is 0 Å². The molecule has 0 heterocycles. The average molecular weight is 357 g/mol.